The van der Waals surface area contributed by atoms with Gasteiger partial charge in [0.15, 0.2) is 0 Å². The Kier molecular flexibility index (Phi) is 5.22. The van der Waals surface area contributed by atoms with E-state index < -0.39 is 5.54 Å². The van der Waals surface area contributed by atoms with Crippen molar-refractivity contribution >= 4 is 5.97 Å². The van der Waals surface area contributed by atoms with Crippen LogP contribution in [0.15, 0.2) is 0 Å². The van der Waals surface area contributed by atoms with Crippen molar-refractivity contribution in [2.75, 3.05) is 20.3 Å². The van der Waals surface area contributed by atoms with Crippen LogP contribution < -0.4 is 5.73 Å². The van der Waals surface area contributed by atoms with Gasteiger partial charge in [0.1, 0.15) is 5.54 Å². The number of esters is 1. The van der Waals surface area contributed by atoms with E-state index >= 15 is 0 Å². The second kappa shape index (κ2) is 6.21. The minimum absolute atomic E-state index is 0.241. The highest BCUT2D eigenvalue weighted by molar-refractivity contribution is 5.80. The summed E-state index contributed by atoms with van der Waals surface area (Å²) < 4.78 is 10.1. The fourth-order valence-corrected chi connectivity index (χ4v) is 2.29. The molecule has 4 nitrogen and oxygen atoms in total. The van der Waals surface area contributed by atoms with Crippen molar-refractivity contribution in [3.8, 4) is 0 Å². The summed E-state index contributed by atoms with van der Waals surface area (Å²) in [5.74, 6) is 0.278. The van der Waals surface area contributed by atoms with Gasteiger partial charge >= 0.3 is 5.97 Å². The maximum atomic E-state index is 11.8. The molecule has 94 valence electrons. The van der Waals surface area contributed by atoms with E-state index in [1.807, 2.05) is 0 Å². The van der Waals surface area contributed by atoms with Crippen LogP contribution in [0, 0.1) is 5.92 Å². The molecule has 0 spiro atoms. The number of carbonyl (C=O) groups excluding carboxylic acids is 1. The fourth-order valence-electron chi connectivity index (χ4n) is 2.29. The third-order valence-electron chi connectivity index (χ3n) is 3.17. The van der Waals surface area contributed by atoms with Crippen molar-refractivity contribution in [2.24, 2.45) is 11.7 Å². The van der Waals surface area contributed by atoms with Crippen molar-refractivity contribution in [2.45, 2.75) is 44.6 Å². The lowest BCUT2D eigenvalue weighted by atomic mass is 9.77. The lowest BCUT2D eigenvalue weighted by Crippen LogP contribution is -2.52. The summed E-state index contributed by atoms with van der Waals surface area (Å²) in [5, 5.41) is 0. The number of hydrogen-bond donors (Lipinski definition) is 1. The molecular formula is C12H23NO3. The molecule has 0 aromatic heterocycles. The Morgan fingerprint density at radius 1 is 1.50 bits per heavy atom. The van der Waals surface area contributed by atoms with Crippen LogP contribution in [0.4, 0.5) is 0 Å². The van der Waals surface area contributed by atoms with Crippen LogP contribution in [-0.4, -0.2) is 31.8 Å². The van der Waals surface area contributed by atoms with Crippen LogP contribution >= 0.6 is 0 Å². The van der Waals surface area contributed by atoms with Crippen molar-refractivity contribution in [3.63, 3.8) is 0 Å². The number of nitrogens with two attached hydrogens (primary N) is 1. The van der Waals surface area contributed by atoms with Crippen LogP contribution in [0.25, 0.3) is 0 Å². The zero-order chi connectivity index (χ0) is 12.0. The molecule has 0 heterocycles. The summed E-state index contributed by atoms with van der Waals surface area (Å²) in [6.07, 6.45) is 4.41. The molecule has 2 N–H and O–H groups in total. The van der Waals surface area contributed by atoms with Gasteiger partial charge in [0.05, 0.1) is 6.61 Å². The van der Waals surface area contributed by atoms with Gasteiger partial charge < -0.3 is 15.2 Å². The van der Waals surface area contributed by atoms with E-state index in [1.165, 1.54) is 0 Å². The summed E-state index contributed by atoms with van der Waals surface area (Å²) in [6, 6.07) is 0. The molecule has 2 atom stereocenters. The number of methoxy groups -OCH3 is 1. The standard InChI is InChI=1S/C12H23NO3/c1-10-5-3-6-12(13,9-10)11(14)16-8-4-7-15-2/h10H,3-9,13H2,1-2H3. The van der Waals surface area contributed by atoms with Gasteiger partial charge in [0, 0.05) is 20.1 Å². The number of hydrogen-bond acceptors (Lipinski definition) is 4. The van der Waals surface area contributed by atoms with Gasteiger partial charge in [-0.3, -0.25) is 4.79 Å². The van der Waals surface area contributed by atoms with E-state index in [1.54, 1.807) is 7.11 Å². The highest BCUT2D eigenvalue weighted by Gasteiger charge is 2.39. The van der Waals surface area contributed by atoms with Gasteiger partial charge in [-0.05, 0) is 18.8 Å². The lowest BCUT2D eigenvalue weighted by molar-refractivity contribution is -0.152. The maximum absolute atomic E-state index is 11.8. The molecule has 4 heteroatoms. The Labute approximate surface area is 97.5 Å². The van der Waals surface area contributed by atoms with Crippen molar-refractivity contribution in [1.29, 1.82) is 0 Å². The van der Waals surface area contributed by atoms with Gasteiger partial charge in [-0.15, -0.1) is 0 Å². The van der Waals surface area contributed by atoms with Crippen LogP contribution in [-0.2, 0) is 14.3 Å². The molecule has 1 aliphatic rings. The van der Waals surface area contributed by atoms with E-state index in [4.69, 9.17) is 15.2 Å². The molecule has 1 aliphatic carbocycles. The molecule has 0 aliphatic heterocycles. The molecular weight excluding hydrogens is 206 g/mol. The van der Waals surface area contributed by atoms with Crippen molar-refractivity contribution < 1.29 is 14.3 Å². The van der Waals surface area contributed by atoms with Gasteiger partial charge in [-0.1, -0.05) is 19.8 Å². The maximum Gasteiger partial charge on any atom is 0.326 e. The minimum atomic E-state index is -0.745. The van der Waals surface area contributed by atoms with E-state index in [2.05, 4.69) is 6.92 Å². The zero-order valence-electron chi connectivity index (χ0n) is 10.3. The van der Waals surface area contributed by atoms with Gasteiger partial charge in [-0.2, -0.15) is 0 Å². The van der Waals surface area contributed by atoms with Crippen molar-refractivity contribution in [3.05, 3.63) is 0 Å². The monoisotopic (exact) mass is 229 g/mol. The van der Waals surface area contributed by atoms with Crippen LogP contribution in [0.1, 0.15) is 39.0 Å². The molecule has 0 bridgehead atoms. The highest BCUT2D eigenvalue weighted by Crippen LogP contribution is 2.31. The summed E-state index contributed by atoms with van der Waals surface area (Å²) in [6.45, 7) is 3.15. The zero-order valence-corrected chi connectivity index (χ0v) is 10.3. The number of rotatable bonds is 5. The summed E-state index contributed by atoms with van der Waals surface area (Å²) in [5.41, 5.74) is 5.36. The third-order valence-corrected chi connectivity index (χ3v) is 3.17. The van der Waals surface area contributed by atoms with Gasteiger partial charge in [0.2, 0.25) is 0 Å². The molecule has 16 heavy (non-hydrogen) atoms. The largest absolute Gasteiger partial charge is 0.464 e. The molecule has 1 saturated carbocycles. The first-order valence-electron chi connectivity index (χ1n) is 6.03. The molecule has 0 aromatic rings. The predicted molar refractivity (Wildman–Crippen MR) is 62.0 cm³/mol. The van der Waals surface area contributed by atoms with Crippen LogP contribution in [0.3, 0.4) is 0 Å². The summed E-state index contributed by atoms with van der Waals surface area (Å²) in [4.78, 5) is 11.8. The first-order valence-corrected chi connectivity index (χ1v) is 6.03. The Bertz CT molecular complexity index is 232. The average Bonchev–Trinajstić information content (AvgIpc) is 2.23. The topological polar surface area (TPSA) is 61.5 Å². The smallest absolute Gasteiger partial charge is 0.326 e. The Balaban J connectivity index is 2.33. The average molecular weight is 229 g/mol. The van der Waals surface area contributed by atoms with Crippen LogP contribution in [0.2, 0.25) is 0 Å². The summed E-state index contributed by atoms with van der Waals surface area (Å²) in [7, 11) is 1.63. The van der Waals surface area contributed by atoms with E-state index in [0.717, 1.165) is 32.1 Å². The third kappa shape index (κ3) is 3.76. The Hall–Kier alpha value is -0.610. The number of ether oxygens (including phenoxy) is 2. The van der Waals surface area contributed by atoms with Crippen molar-refractivity contribution in [1.82, 2.24) is 0 Å². The fraction of sp³-hybridized carbons (Fsp3) is 0.917. The molecule has 2 unspecified atom stereocenters. The summed E-state index contributed by atoms with van der Waals surface area (Å²) >= 11 is 0. The predicted octanol–water partition coefficient (Wildman–Crippen LogP) is 1.47. The molecule has 1 fully saturated rings. The molecule has 0 saturated heterocycles. The molecule has 1 rings (SSSR count). The van der Waals surface area contributed by atoms with E-state index in [0.29, 0.717) is 19.1 Å². The van der Waals surface area contributed by atoms with Gasteiger partial charge in [0.25, 0.3) is 0 Å². The Morgan fingerprint density at radius 2 is 2.25 bits per heavy atom. The Morgan fingerprint density at radius 3 is 2.88 bits per heavy atom. The normalized spacial score (nSPS) is 30.1. The molecule has 0 radical (unpaired) electrons. The second-order valence-electron chi connectivity index (χ2n) is 4.84. The highest BCUT2D eigenvalue weighted by atomic mass is 16.5. The molecule has 0 aromatic carbocycles. The lowest BCUT2D eigenvalue weighted by Gasteiger charge is -2.34. The van der Waals surface area contributed by atoms with Gasteiger partial charge in [-0.25, -0.2) is 0 Å². The molecule has 0 amide bonds. The van der Waals surface area contributed by atoms with Crippen LogP contribution in [0.5, 0.6) is 0 Å². The first-order chi connectivity index (χ1) is 7.58. The first kappa shape index (κ1) is 13.5. The van der Waals surface area contributed by atoms with E-state index in [9.17, 15) is 4.79 Å². The minimum Gasteiger partial charge on any atom is -0.464 e. The quantitative estimate of drug-likeness (QED) is 0.573. The second-order valence-corrected chi connectivity index (χ2v) is 4.84. The number of carbonyl (C=O) groups is 1. The van der Waals surface area contributed by atoms with E-state index in [-0.39, 0.29) is 5.97 Å². The SMILES string of the molecule is COCCCOC(=O)C1(N)CCCC(C)C1.